The number of aryl methyl sites for hydroxylation is 1. The molecule has 0 atom stereocenters. The molecule has 0 radical (unpaired) electrons. The lowest BCUT2D eigenvalue weighted by Crippen LogP contribution is -2.26. The highest BCUT2D eigenvalue weighted by atomic mass is 35.5. The van der Waals surface area contributed by atoms with Crippen LogP contribution in [0.1, 0.15) is 37.1 Å². The first-order valence-electron chi connectivity index (χ1n) is 10.7. The summed E-state index contributed by atoms with van der Waals surface area (Å²) in [6.07, 6.45) is 4.45. The van der Waals surface area contributed by atoms with E-state index in [0.717, 1.165) is 4.88 Å². The first-order chi connectivity index (χ1) is 17.3. The molecule has 4 aromatic rings. The van der Waals surface area contributed by atoms with Crippen LogP contribution in [0, 0.1) is 6.92 Å². The molecule has 0 aliphatic carbocycles. The Balaban J connectivity index is 1.37. The van der Waals surface area contributed by atoms with E-state index in [4.69, 9.17) is 16.3 Å². The van der Waals surface area contributed by atoms with Crippen LogP contribution in [0.15, 0.2) is 42.9 Å². The number of thiazole rings is 1. The van der Waals surface area contributed by atoms with Gasteiger partial charge in [0.15, 0.2) is 10.8 Å². The molecule has 0 aromatic carbocycles. The van der Waals surface area contributed by atoms with Crippen LogP contribution in [0.2, 0.25) is 5.15 Å². The zero-order valence-electron chi connectivity index (χ0n) is 19.1. The molecule has 0 spiro atoms. The van der Waals surface area contributed by atoms with Crippen LogP contribution in [0.3, 0.4) is 0 Å². The minimum atomic E-state index is -0.397. The predicted octanol–water partition coefficient (Wildman–Crippen LogP) is 4.08. The van der Waals surface area contributed by atoms with E-state index in [-0.39, 0.29) is 29.0 Å². The van der Waals surface area contributed by atoms with Crippen molar-refractivity contribution in [2.45, 2.75) is 20.0 Å². The Labute approximate surface area is 214 Å². The fraction of sp³-hybridized carbons (Fsp3) is 0.167. The third-order valence-corrected chi connectivity index (χ3v) is 6.78. The number of anilines is 1. The zero-order chi connectivity index (χ0) is 25.4. The summed E-state index contributed by atoms with van der Waals surface area (Å²) in [5.41, 5.74) is 2.92. The number of pyridine rings is 3. The molecular weight excluding hydrogens is 504 g/mol. The number of hydrogen-bond acceptors (Lipinski definition) is 9. The third kappa shape index (κ3) is 4.45. The normalized spacial score (nSPS) is 12.4. The fourth-order valence-corrected chi connectivity index (χ4v) is 5.01. The fourth-order valence-electron chi connectivity index (χ4n) is 3.87. The molecule has 12 heteroatoms. The lowest BCUT2D eigenvalue weighted by Gasteiger charge is -2.15. The number of hydrogen-bond donors (Lipinski definition) is 2. The van der Waals surface area contributed by atoms with Gasteiger partial charge in [-0.2, -0.15) is 0 Å². The maximum absolute atomic E-state index is 13.3. The molecule has 5 rings (SSSR count). The summed E-state index contributed by atoms with van der Waals surface area (Å²) in [6, 6.07) is 6.38. The molecule has 0 bridgehead atoms. The number of nitrogens with one attached hydrogen (secondary N) is 1. The van der Waals surface area contributed by atoms with Gasteiger partial charge >= 0.3 is 0 Å². The van der Waals surface area contributed by atoms with Crippen LogP contribution in [-0.4, -0.2) is 48.9 Å². The topological polar surface area (TPSA) is 130 Å². The number of methoxy groups -OCH3 is 1. The number of ether oxygens (including phenoxy) is 1. The number of carbonyl (C=O) groups is 2. The molecule has 0 unspecified atom stereocenters. The molecule has 0 fully saturated rings. The number of carbonyl (C=O) groups excluding carboxylic acids is 2. The van der Waals surface area contributed by atoms with Gasteiger partial charge in [-0.05, 0) is 31.2 Å². The third-order valence-electron chi connectivity index (χ3n) is 5.58. The molecule has 36 heavy (non-hydrogen) atoms. The number of aromatic nitrogens is 4. The number of halogens is 1. The SMILES string of the molecule is COc1cnc(Cl)cc1-c1cc(C)ncc1C(=O)Nc1nc2c(s1)CN(C(=O)c1ncccc1O)C2. The molecule has 4 aromatic heterocycles. The second-order valence-electron chi connectivity index (χ2n) is 7.95. The summed E-state index contributed by atoms with van der Waals surface area (Å²) in [6.45, 7) is 2.38. The smallest absolute Gasteiger partial charge is 0.276 e. The van der Waals surface area contributed by atoms with Gasteiger partial charge in [-0.15, -0.1) is 0 Å². The van der Waals surface area contributed by atoms with Gasteiger partial charge in [-0.1, -0.05) is 22.9 Å². The highest BCUT2D eigenvalue weighted by molar-refractivity contribution is 7.16. The van der Waals surface area contributed by atoms with E-state index < -0.39 is 5.91 Å². The van der Waals surface area contributed by atoms with Gasteiger partial charge in [0.05, 0.1) is 42.5 Å². The second kappa shape index (κ2) is 9.51. The largest absolute Gasteiger partial charge is 0.505 e. The quantitative estimate of drug-likeness (QED) is 0.375. The molecule has 0 saturated carbocycles. The Hall–Kier alpha value is -4.09. The van der Waals surface area contributed by atoms with Gasteiger partial charge < -0.3 is 14.7 Å². The van der Waals surface area contributed by atoms with E-state index in [9.17, 15) is 14.7 Å². The minimum absolute atomic E-state index is 0.00720. The molecule has 2 amide bonds. The lowest BCUT2D eigenvalue weighted by molar-refractivity contribution is 0.0741. The standard InChI is InChI=1S/C24H19ClN6O4S/c1-12-6-13(14-7-20(25)28-9-18(14)35-2)15(8-27-12)22(33)30-24-29-16-10-31(11-19(16)36-24)23(34)21-17(32)4-3-5-26-21/h3-9,32H,10-11H2,1-2H3,(H,29,30,33). The summed E-state index contributed by atoms with van der Waals surface area (Å²) in [5.74, 6) is -0.486. The van der Waals surface area contributed by atoms with Crippen molar-refractivity contribution in [1.29, 1.82) is 0 Å². The Morgan fingerprint density at radius 1 is 1.17 bits per heavy atom. The number of amides is 2. The molecule has 10 nitrogen and oxygen atoms in total. The van der Waals surface area contributed by atoms with Crippen molar-refractivity contribution in [3.05, 3.63) is 75.5 Å². The molecule has 1 aliphatic rings. The monoisotopic (exact) mass is 522 g/mol. The van der Waals surface area contributed by atoms with Crippen molar-refractivity contribution >= 4 is 39.9 Å². The molecule has 1 aliphatic heterocycles. The van der Waals surface area contributed by atoms with Crippen LogP contribution in [0.25, 0.3) is 11.1 Å². The Morgan fingerprint density at radius 2 is 2.00 bits per heavy atom. The molecule has 5 heterocycles. The maximum atomic E-state index is 13.3. The summed E-state index contributed by atoms with van der Waals surface area (Å²) >= 11 is 7.40. The van der Waals surface area contributed by atoms with Gasteiger partial charge in [0.25, 0.3) is 11.8 Å². The minimum Gasteiger partial charge on any atom is -0.505 e. The molecule has 2 N–H and O–H groups in total. The maximum Gasteiger partial charge on any atom is 0.276 e. The Bertz CT molecular complexity index is 1480. The van der Waals surface area contributed by atoms with Crippen LogP contribution in [-0.2, 0) is 13.1 Å². The van der Waals surface area contributed by atoms with Gasteiger partial charge in [0.1, 0.15) is 16.7 Å². The number of rotatable bonds is 5. The highest BCUT2D eigenvalue weighted by Gasteiger charge is 2.30. The van der Waals surface area contributed by atoms with Gasteiger partial charge in [-0.3, -0.25) is 19.9 Å². The van der Waals surface area contributed by atoms with E-state index >= 15 is 0 Å². The average Bonchev–Trinajstić information content (AvgIpc) is 3.42. The average molecular weight is 523 g/mol. The van der Waals surface area contributed by atoms with Crippen LogP contribution in [0.5, 0.6) is 11.5 Å². The highest BCUT2D eigenvalue weighted by Crippen LogP contribution is 2.36. The van der Waals surface area contributed by atoms with E-state index in [2.05, 4.69) is 25.3 Å². The first-order valence-corrected chi connectivity index (χ1v) is 11.9. The van der Waals surface area contributed by atoms with E-state index in [0.29, 0.717) is 45.5 Å². The van der Waals surface area contributed by atoms with Crippen molar-refractivity contribution in [2.24, 2.45) is 0 Å². The van der Waals surface area contributed by atoms with Crippen molar-refractivity contribution in [3.8, 4) is 22.6 Å². The summed E-state index contributed by atoms with van der Waals surface area (Å²) in [4.78, 5) is 45.2. The molecule has 182 valence electrons. The van der Waals surface area contributed by atoms with Crippen LogP contribution in [0.4, 0.5) is 5.13 Å². The number of nitrogens with zero attached hydrogens (tertiary/aromatic N) is 5. The van der Waals surface area contributed by atoms with Crippen molar-refractivity contribution < 1.29 is 19.4 Å². The van der Waals surface area contributed by atoms with Gasteiger partial charge in [-0.25, -0.2) is 15.0 Å². The zero-order valence-corrected chi connectivity index (χ0v) is 20.7. The second-order valence-corrected chi connectivity index (χ2v) is 9.42. The van der Waals surface area contributed by atoms with Gasteiger partial charge in [0, 0.05) is 29.2 Å². The van der Waals surface area contributed by atoms with Crippen molar-refractivity contribution in [3.63, 3.8) is 0 Å². The summed E-state index contributed by atoms with van der Waals surface area (Å²) in [7, 11) is 1.52. The Kier molecular flexibility index (Phi) is 6.25. The van der Waals surface area contributed by atoms with Crippen molar-refractivity contribution in [2.75, 3.05) is 12.4 Å². The van der Waals surface area contributed by atoms with Crippen LogP contribution < -0.4 is 10.1 Å². The predicted molar refractivity (Wildman–Crippen MR) is 133 cm³/mol. The van der Waals surface area contributed by atoms with E-state index in [1.54, 1.807) is 23.1 Å². The van der Waals surface area contributed by atoms with E-state index in [1.807, 2.05) is 6.92 Å². The molecule has 0 saturated heterocycles. The van der Waals surface area contributed by atoms with E-state index in [1.165, 1.54) is 43.1 Å². The summed E-state index contributed by atoms with van der Waals surface area (Å²) in [5, 5.41) is 13.4. The van der Waals surface area contributed by atoms with Crippen LogP contribution >= 0.6 is 22.9 Å². The lowest BCUT2D eigenvalue weighted by atomic mass is 10.0. The summed E-state index contributed by atoms with van der Waals surface area (Å²) < 4.78 is 5.42. The van der Waals surface area contributed by atoms with Crippen molar-refractivity contribution in [1.82, 2.24) is 24.8 Å². The first kappa shape index (κ1) is 23.6. The number of aromatic hydroxyl groups is 1. The Morgan fingerprint density at radius 3 is 2.75 bits per heavy atom. The van der Waals surface area contributed by atoms with Gasteiger partial charge in [0.2, 0.25) is 0 Å². The number of fused-ring (bicyclic) bond motifs is 1. The molecular formula is C24H19ClN6O4S.